The maximum atomic E-state index is 5.22. The van der Waals surface area contributed by atoms with Gasteiger partial charge in [0, 0.05) is 18.5 Å². The Hall–Kier alpha value is -1.60. The second-order valence-corrected chi connectivity index (χ2v) is 3.39. The van der Waals surface area contributed by atoms with Gasteiger partial charge in [-0.2, -0.15) is 0 Å². The third-order valence-corrected chi connectivity index (χ3v) is 2.31. The molecular formula is C7H8N6S. The van der Waals surface area contributed by atoms with E-state index in [0.717, 1.165) is 10.2 Å². The molecule has 6 nitrogen and oxygen atoms in total. The summed E-state index contributed by atoms with van der Waals surface area (Å²) in [5.74, 6) is 5.80. The summed E-state index contributed by atoms with van der Waals surface area (Å²) < 4.78 is 0. The van der Waals surface area contributed by atoms with Crippen molar-refractivity contribution in [2.24, 2.45) is 5.84 Å². The van der Waals surface area contributed by atoms with Crippen LogP contribution in [0.4, 0.5) is 5.82 Å². The van der Waals surface area contributed by atoms with E-state index in [1.165, 1.54) is 18.1 Å². The summed E-state index contributed by atoms with van der Waals surface area (Å²) in [5.41, 5.74) is 2.45. The Bertz CT molecular complexity index is 400. The van der Waals surface area contributed by atoms with Crippen molar-refractivity contribution in [1.82, 2.24) is 19.9 Å². The monoisotopic (exact) mass is 208 g/mol. The van der Waals surface area contributed by atoms with Gasteiger partial charge in [-0.25, -0.2) is 20.8 Å². The summed E-state index contributed by atoms with van der Waals surface area (Å²) in [6, 6.07) is 1.74. The summed E-state index contributed by atoms with van der Waals surface area (Å²) in [7, 11) is 0. The van der Waals surface area contributed by atoms with Gasteiger partial charge in [-0.1, -0.05) is 0 Å². The van der Waals surface area contributed by atoms with Crippen molar-refractivity contribution in [2.75, 3.05) is 5.43 Å². The lowest BCUT2D eigenvalue weighted by molar-refractivity contribution is 1.01. The van der Waals surface area contributed by atoms with Crippen LogP contribution >= 0.6 is 11.8 Å². The first-order chi connectivity index (χ1) is 6.88. The van der Waals surface area contributed by atoms with Crippen LogP contribution in [0.1, 0.15) is 0 Å². The number of aromatic nitrogens is 4. The molecule has 4 N–H and O–H groups in total. The largest absolute Gasteiger partial charge is 0.339 e. The Kier molecular flexibility index (Phi) is 2.61. The minimum atomic E-state index is 0.578. The fourth-order valence-electron chi connectivity index (χ4n) is 0.880. The molecule has 2 heterocycles. The zero-order chi connectivity index (χ0) is 9.80. The van der Waals surface area contributed by atoms with Gasteiger partial charge < -0.3 is 10.4 Å². The fraction of sp³-hybridized carbons (Fsp3) is 0. The molecule has 0 fully saturated rings. The molecule has 0 unspecified atom stereocenters. The predicted octanol–water partition coefficient (Wildman–Crippen LogP) is 0.637. The summed E-state index contributed by atoms with van der Waals surface area (Å²) in [4.78, 5) is 15.0. The van der Waals surface area contributed by atoms with Gasteiger partial charge in [0.1, 0.15) is 17.2 Å². The molecular weight excluding hydrogens is 200 g/mol. The normalized spacial score (nSPS) is 10.1. The Morgan fingerprint density at radius 1 is 1.36 bits per heavy atom. The molecule has 2 aromatic rings. The maximum Gasteiger partial charge on any atom is 0.171 e. The van der Waals surface area contributed by atoms with E-state index >= 15 is 0 Å². The molecule has 2 rings (SSSR count). The number of anilines is 1. The molecule has 0 saturated heterocycles. The highest BCUT2D eigenvalue weighted by atomic mass is 32.2. The number of hydrogen-bond acceptors (Lipinski definition) is 6. The van der Waals surface area contributed by atoms with Crippen LogP contribution in [0.3, 0.4) is 0 Å². The van der Waals surface area contributed by atoms with Crippen LogP contribution < -0.4 is 11.3 Å². The zero-order valence-corrected chi connectivity index (χ0v) is 7.95. The van der Waals surface area contributed by atoms with Gasteiger partial charge in [0.05, 0.1) is 0 Å². The summed E-state index contributed by atoms with van der Waals surface area (Å²) in [6.07, 6.45) is 4.89. The molecule has 72 valence electrons. The van der Waals surface area contributed by atoms with Crippen LogP contribution in [0.25, 0.3) is 0 Å². The highest BCUT2D eigenvalue weighted by Gasteiger charge is 2.01. The molecule has 0 aliphatic heterocycles. The van der Waals surface area contributed by atoms with Crippen LogP contribution in [-0.2, 0) is 0 Å². The van der Waals surface area contributed by atoms with E-state index in [0.29, 0.717) is 5.82 Å². The number of hydrazine groups is 1. The lowest BCUT2D eigenvalue weighted by atomic mass is 10.6. The van der Waals surface area contributed by atoms with Crippen LogP contribution in [-0.4, -0.2) is 19.9 Å². The third kappa shape index (κ3) is 2.01. The molecule has 7 heteroatoms. The van der Waals surface area contributed by atoms with Gasteiger partial charge in [0.2, 0.25) is 0 Å². The molecule has 0 aliphatic rings. The number of nitrogen functional groups attached to an aromatic ring is 1. The number of nitrogens with two attached hydrogens (primary N) is 1. The van der Waals surface area contributed by atoms with Crippen molar-refractivity contribution in [3.05, 3.63) is 24.8 Å². The Balaban J connectivity index is 2.17. The first kappa shape index (κ1) is 8.97. The number of aromatic amines is 1. The van der Waals surface area contributed by atoms with Gasteiger partial charge in [-0.15, -0.1) is 0 Å². The quantitative estimate of drug-likeness (QED) is 0.389. The van der Waals surface area contributed by atoms with Crippen molar-refractivity contribution >= 4 is 17.6 Å². The summed E-state index contributed by atoms with van der Waals surface area (Å²) >= 11 is 1.41. The third-order valence-electron chi connectivity index (χ3n) is 1.46. The number of rotatable bonds is 3. The van der Waals surface area contributed by atoms with Gasteiger partial charge >= 0.3 is 0 Å². The van der Waals surface area contributed by atoms with Gasteiger partial charge in [-0.3, -0.25) is 0 Å². The van der Waals surface area contributed by atoms with Crippen molar-refractivity contribution in [2.45, 2.75) is 10.2 Å². The van der Waals surface area contributed by atoms with E-state index in [4.69, 9.17) is 5.84 Å². The molecule has 0 atom stereocenters. The Labute approximate surface area is 84.3 Å². The average molecular weight is 208 g/mol. The number of hydrogen-bond donors (Lipinski definition) is 3. The SMILES string of the molecule is NNc1cc(Sc2ncc[nH]2)ncn1. The Morgan fingerprint density at radius 3 is 3.00 bits per heavy atom. The van der Waals surface area contributed by atoms with Crippen LogP contribution in [0.15, 0.2) is 35.0 Å². The number of H-pyrrole nitrogens is 1. The highest BCUT2D eigenvalue weighted by molar-refractivity contribution is 7.99. The molecule has 14 heavy (non-hydrogen) atoms. The maximum absolute atomic E-state index is 5.22. The molecule has 0 radical (unpaired) electrons. The summed E-state index contributed by atoms with van der Waals surface area (Å²) in [5, 5.41) is 1.56. The lowest BCUT2D eigenvalue weighted by Gasteiger charge is -1.99. The first-order valence-electron chi connectivity index (χ1n) is 3.84. The molecule has 0 bridgehead atoms. The van der Waals surface area contributed by atoms with Gasteiger partial charge in [-0.05, 0) is 11.8 Å². The topological polar surface area (TPSA) is 92.5 Å². The lowest BCUT2D eigenvalue weighted by Crippen LogP contribution is -2.08. The fourth-order valence-corrected chi connectivity index (χ4v) is 1.59. The standard InChI is InChI=1S/C7H8N6S/c8-13-5-3-6(12-4-11-5)14-7-9-1-2-10-7/h1-4H,8H2,(H,9,10)(H,11,12,13). The molecule has 0 aliphatic carbocycles. The first-order valence-corrected chi connectivity index (χ1v) is 4.66. The van der Waals surface area contributed by atoms with Crippen molar-refractivity contribution in [1.29, 1.82) is 0 Å². The highest BCUT2D eigenvalue weighted by Crippen LogP contribution is 2.22. The van der Waals surface area contributed by atoms with Crippen molar-refractivity contribution in [3.8, 4) is 0 Å². The number of nitrogens with zero attached hydrogens (tertiary/aromatic N) is 3. The van der Waals surface area contributed by atoms with Crippen molar-refractivity contribution < 1.29 is 0 Å². The van der Waals surface area contributed by atoms with Crippen LogP contribution in [0.2, 0.25) is 0 Å². The van der Waals surface area contributed by atoms with E-state index in [1.807, 2.05) is 0 Å². The second-order valence-electron chi connectivity index (χ2n) is 2.38. The minimum Gasteiger partial charge on any atom is -0.339 e. The van der Waals surface area contributed by atoms with E-state index in [1.54, 1.807) is 18.5 Å². The molecule has 2 aromatic heterocycles. The van der Waals surface area contributed by atoms with E-state index in [-0.39, 0.29) is 0 Å². The predicted molar refractivity (Wildman–Crippen MR) is 52.6 cm³/mol. The molecule has 0 aromatic carbocycles. The van der Waals surface area contributed by atoms with E-state index in [9.17, 15) is 0 Å². The smallest absolute Gasteiger partial charge is 0.171 e. The minimum absolute atomic E-state index is 0.578. The van der Waals surface area contributed by atoms with Crippen molar-refractivity contribution in [3.63, 3.8) is 0 Å². The van der Waals surface area contributed by atoms with Crippen LogP contribution in [0.5, 0.6) is 0 Å². The molecule has 0 amide bonds. The molecule has 0 saturated carbocycles. The van der Waals surface area contributed by atoms with Crippen LogP contribution in [0, 0.1) is 0 Å². The number of imidazole rings is 1. The van der Waals surface area contributed by atoms with Gasteiger partial charge in [0.15, 0.2) is 5.16 Å². The number of nitrogens with one attached hydrogen (secondary N) is 2. The molecule has 0 spiro atoms. The second kappa shape index (κ2) is 4.07. The van der Waals surface area contributed by atoms with E-state index < -0.39 is 0 Å². The average Bonchev–Trinajstić information content (AvgIpc) is 2.71. The zero-order valence-electron chi connectivity index (χ0n) is 7.14. The van der Waals surface area contributed by atoms with Gasteiger partial charge in [0.25, 0.3) is 0 Å². The van der Waals surface area contributed by atoms with E-state index in [2.05, 4.69) is 25.4 Å². The Morgan fingerprint density at radius 2 is 2.29 bits per heavy atom. The summed E-state index contributed by atoms with van der Waals surface area (Å²) in [6.45, 7) is 0.